The van der Waals surface area contributed by atoms with E-state index in [0.717, 1.165) is 6.07 Å². The smallest absolute Gasteiger partial charge is 0.258 e. The molecule has 0 saturated carbocycles. The van der Waals surface area contributed by atoms with Crippen LogP contribution in [-0.2, 0) is 16.6 Å². The van der Waals surface area contributed by atoms with Crippen molar-refractivity contribution in [1.82, 2.24) is 29.5 Å². The minimum absolute atomic E-state index is 0.00727. The quantitative estimate of drug-likeness (QED) is 0.471. The van der Waals surface area contributed by atoms with Gasteiger partial charge < -0.3 is 9.26 Å². The zero-order chi connectivity index (χ0) is 21.3. The molecule has 3 aromatic heterocycles. The molecule has 0 atom stereocenters. The minimum atomic E-state index is -3.97. The topological polar surface area (TPSA) is 125 Å². The molecule has 1 N–H and O–H groups in total. The molecule has 0 amide bonds. The van der Waals surface area contributed by atoms with Crippen LogP contribution in [0.1, 0.15) is 18.6 Å². The fourth-order valence-corrected chi connectivity index (χ4v) is 3.76. The Morgan fingerprint density at radius 1 is 1.23 bits per heavy atom. The van der Waals surface area contributed by atoms with E-state index in [9.17, 15) is 12.8 Å². The number of nitrogens with one attached hydrogen (secondary N) is 1. The van der Waals surface area contributed by atoms with E-state index in [0.29, 0.717) is 28.8 Å². The van der Waals surface area contributed by atoms with Crippen LogP contribution in [0.2, 0.25) is 0 Å². The van der Waals surface area contributed by atoms with Crippen LogP contribution in [0.25, 0.3) is 17.1 Å². The Morgan fingerprint density at radius 3 is 2.77 bits per heavy atom. The van der Waals surface area contributed by atoms with Crippen molar-refractivity contribution in [2.45, 2.75) is 25.3 Å². The van der Waals surface area contributed by atoms with Crippen LogP contribution in [0.5, 0.6) is 5.75 Å². The average Bonchev–Trinajstić information content (AvgIpc) is 3.33. The van der Waals surface area contributed by atoms with Crippen LogP contribution in [0.3, 0.4) is 0 Å². The van der Waals surface area contributed by atoms with E-state index < -0.39 is 15.8 Å². The lowest BCUT2D eigenvalue weighted by molar-refractivity contribution is 0.321. The van der Waals surface area contributed by atoms with Crippen LogP contribution in [0.4, 0.5) is 4.39 Å². The fourth-order valence-electron chi connectivity index (χ4n) is 2.77. The van der Waals surface area contributed by atoms with Crippen molar-refractivity contribution >= 4 is 15.7 Å². The molecule has 30 heavy (non-hydrogen) atoms. The van der Waals surface area contributed by atoms with E-state index >= 15 is 0 Å². The molecule has 0 aliphatic rings. The largest absolute Gasteiger partial charge is 0.491 e. The zero-order valence-corrected chi connectivity index (χ0v) is 16.9. The molecule has 0 saturated heterocycles. The zero-order valence-electron chi connectivity index (χ0n) is 16.0. The van der Waals surface area contributed by atoms with Crippen molar-refractivity contribution in [2.75, 3.05) is 6.61 Å². The van der Waals surface area contributed by atoms with E-state index in [1.165, 1.54) is 12.1 Å². The van der Waals surface area contributed by atoms with Crippen molar-refractivity contribution in [3.8, 4) is 17.2 Å². The fraction of sp³-hybridized carbons (Fsp3) is 0.222. The van der Waals surface area contributed by atoms with Gasteiger partial charge in [0.05, 0.1) is 18.0 Å². The summed E-state index contributed by atoms with van der Waals surface area (Å²) in [6, 6.07) is 6.88. The first-order chi connectivity index (χ1) is 14.4. The van der Waals surface area contributed by atoms with E-state index in [-0.39, 0.29) is 23.8 Å². The number of halogens is 1. The molecule has 156 valence electrons. The molecule has 0 bridgehead atoms. The molecule has 10 nitrogen and oxygen atoms in total. The number of nitrogens with zero attached hydrogens (tertiary/aromatic N) is 5. The molecule has 12 heteroatoms. The number of aryl methyl sites for hydroxylation is 1. The summed E-state index contributed by atoms with van der Waals surface area (Å²) >= 11 is 0. The maximum atomic E-state index is 14.0. The number of rotatable bonds is 7. The predicted octanol–water partition coefficient (Wildman–Crippen LogP) is 2.10. The summed E-state index contributed by atoms with van der Waals surface area (Å²) in [5.74, 6) is 0.446. The molecule has 0 radical (unpaired) electrons. The Balaban J connectivity index is 1.53. The van der Waals surface area contributed by atoms with Crippen LogP contribution < -0.4 is 9.46 Å². The molecule has 0 unspecified atom stereocenters. The highest BCUT2D eigenvalue weighted by Gasteiger charge is 2.18. The van der Waals surface area contributed by atoms with Gasteiger partial charge in [0.1, 0.15) is 0 Å². The normalized spacial score (nSPS) is 11.8. The summed E-state index contributed by atoms with van der Waals surface area (Å²) in [6.45, 7) is 3.55. The van der Waals surface area contributed by atoms with Crippen molar-refractivity contribution in [2.24, 2.45) is 0 Å². The van der Waals surface area contributed by atoms with Gasteiger partial charge in [0, 0.05) is 11.8 Å². The Kier molecular flexibility index (Phi) is 5.18. The molecular weight excluding hydrogens is 415 g/mol. The summed E-state index contributed by atoms with van der Waals surface area (Å²) in [4.78, 5) is 3.94. The lowest BCUT2D eigenvalue weighted by atomic mass is 10.2. The number of hydrogen-bond donors (Lipinski definition) is 1. The molecule has 4 aromatic rings. The summed E-state index contributed by atoms with van der Waals surface area (Å²) in [5.41, 5.74) is 1.14. The highest BCUT2D eigenvalue weighted by Crippen LogP contribution is 2.22. The van der Waals surface area contributed by atoms with E-state index in [2.05, 4.69) is 25.1 Å². The summed E-state index contributed by atoms with van der Waals surface area (Å²) in [7, 11) is -3.97. The van der Waals surface area contributed by atoms with Gasteiger partial charge in [0.15, 0.2) is 28.9 Å². The monoisotopic (exact) mass is 432 g/mol. The predicted molar refractivity (Wildman–Crippen MR) is 103 cm³/mol. The summed E-state index contributed by atoms with van der Waals surface area (Å²) in [6.07, 6.45) is 1.67. The minimum Gasteiger partial charge on any atom is -0.491 e. The van der Waals surface area contributed by atoms with Gasteiger partial charge in [-0.15, -0.1) is 10.2 Å². The van der Waals surface area contributed by atoms with Crippen molar-refractivity contribution < 1.29 is 22.1 Å². The third kappa shape index (κ3) is 3.86. The molecule has 0 fully saturated rings. The number of aromatic nitrogens is 5. The first kappa shape index (κ1) is 19.9. The Morgan fingerprint density at radius 2 is 2.07 bits per heavy atom. The molecular formula is C18H17FN6O4S. The van der Waals surface area contributed by atoms with E-state index in [4.69, 9.17) is 9.26 Å². The van der Waals surface area contributed by atoms with Gasteiger partial charge in [-0.2, -0.15) is 4.98 Å². The second-order valence-corrected chi connectivity index (χ2v) is 8.02. The van der Waals surface area contributed by atoms with Crippen LogP contribution in [0, 0.1) is 12.7 Å². The highest BCUT2D eigenvalue weighted by molar-refractivity contribution is 7.89. The van der Waals surface area contributed by atoms with Gasteiger partial charge in [-0.05, 0) is 44.2 Å². The lowest BCUT2D eigenvalue weighted by Gasteiger charge is -2.09. The van der Waals surface area contributed by atoms with Gasteiger partial charge in [0.25, 0.3) is 5.89 Å². The van der Waals surface area contributed by atoms with E-state index in [1.54, 1.807) is 36.6 Å². The molecule has 1 aromatic carbocycles. The number of hydrogen-bond acceptors (Lipinski definition) is 8. The van der Waals surface area contributed by atoms with Gasteiger partial charge in [0.2, 0.25) is 10.0 Å². The van der Waals surface area contributed by atoms with Crippen molar-refractivity contribution in [3.63, 3.8) is 0 Å². The third-order valence-electron chi connectivity index (χ3n) is 4.19. The highest BCUT2D eigenvalue weighted by atomic mass is 32.2. The Bertz CT molecular complexity index is 1320. The molecule has 3 heterocycles. The number of pyridine rings is 1. The van der Waals surface area contributed by atoms with Gasteiger partial charge >= 0.3 is 0 Å². The molecule has 0 aliphatic carbocycles. The first-order valence-corrected chi connectivity index (χ1v) is 10.4. The van der Waals surface area contributed by atoms with Crippen molar-refractivity contribution in [3.05, 3.63) is 54.0 Å². The maximum Gasteiger partial charge on any atom is 0.258 e. The summed E-state index contributed by atoms with van der Waals surface area (Å²) < 4.78 is 53.3. The number of sulfonamides is 1. The van der Waals surface area contributed by atoms with Crippen molar-refractivity contribution in [1.29, 1.82) is 0 Å². The third-order valence-corrected chi connectivity index (χ3v) is 5.59. The van der Waals surface area contributed by atoms with Crippen LogP contribution >= 0.6 is 0 Å². The molecule has 0 aliphatic heterocycles. The number of benzene rings is 1. The van der Waals surface area contributed by atoms with Gasteiger partial charge in [-0.3, -0.25) is 4.40 Å². The van der Waals surface area contributed by atoms with Crippen LogP contribution in [-0.4, -0.2) is 39.8 Å². The molecule has 4 rings (SSSR count). The first-order valence-electron chi connectivity index (χ1n) is 8.94. The second-order valence-electron chi connectivity index (χ2n) is 6.26. The second kappa shape index (κ2) is 7.80. The SMILES string of the molecule is CCOc1ccc(S(=O)(=O)NCc2nnc3cc(-c4nc(C)no4)ccn23)cc1F. The number of ether oxygens (including phenoxy) is 1. The van der Waals surface area contributed by atoms with Crippen LogP contribution in [0.15, 0.2) is 45.9 Å². The van der Waals surface area contributed by atoms with Gasteiger partial charge in [-0.25, -0.2) is 17.5 Å². The maximum absolute atomic E-state index is 14.0. The standard InChI is InChI=1S/C18H17FN6O4S/c1-3-28-15-5-4-13(9-14(15)19)30(26,27)20-10-17-23-22-16-8-12(6-7-25(16)17)18-21-11(2)24-29-18/h4-9,20H,3,10H2,1-2H3. The van der Waals surface area contributed by atoms with Gasteiger partial charge in [-0.1, -0.05) is 5.16 Å². The number of fused-ring (bicyclic) bond motifs is 1. The lowest BCUT2D eigenvalue weighted by Crippen LogP contribution is -2.24. The Labute approximate surface area is 170 Å². The molecule has 0 spiro atoms. The summed E-state index contributed by atoms with van der Waals surface area (Å²) in [5, 5.41) is 11.8. The van der Waals surface area contributed by atoms with E-state index in [1.807, 2.05) is 0 Å². The Hall–Kier alpha value is -3.38. The average molecular weight is 432 g/mol.